The van der Waals surface area contributed by atoms with Crippen molar-refractivity contribution in [1.29, 1.82) is 0 Å². The molecule has 2 N–H and O–H groups in total. The zero-order chi connectivity index (χ0) is 43.4. The lowest BCUT2D eigenvalue weighted by Crippen LogP contribution is -2.36. The Kier molecular flexibility index (Phi) is 14.5. The van der Waals surface area contributed by atoms with Crippen molar-refractivity contribution in [2.24, 2.45) is 35.3 Å². The molecular formula is C60H62N2. The second-order valence-corrected chi connectivity index (χ2v) is 17.8. The van der Waals surface area contributed by atoms with Crippen molar-refractivity contribution >= 4 is 0 Å². The van der Waals surface area contributed by atoms with Crippen LogP contribution in [0.15, 0.2) is 230 Å². The van der Waals surface area contributed by atoms with Crippen LogP contribution >= 0.6 is 0 Å². The molecule has 0 spiro atoms. The number of hydrogen-bond acceptors (Lipinski definition) is 1. The molecule has 2 nitrogen and oxygen atoms in total. The molecule has 0 saturated carbocycles. The molecule has 0 heterocycles. The minimum atomic E-state index is -0.355. The molecule has 2 heteroatoms. The predicted molar refractivity (Wildman–Crippen MR) is 262 cm³/mol. The summed E-state index contributed by atoms with van der Waals surface area (Å²) < 4.78 is 0. The molecule has 0 fully saturated rings. The molecule has 0 aliphatic heterocycles. The molecule has 0 amide bonds. The van der Waals surface area contributed by atoms with E-state index in [0.29, 0.717) is 24.3 Å². The Bertz CT molecular complexity index is 2260. The van der Waals surface area contributed by atoms with E-state index in [9.17, 15) is 0 Å². The van der Waals surface area contributed by atoms with E-state index in [1.807, 2.05) is 0 Å². The van der Waals surface area contributed by atoms with Crippen molar-refractivity contribution in [2.45, 2.75) is 57.4 Å². The highest BCUT2D eigenvalue weighted by atomic mass is 14.7. The fourth-order valence-corrected chi connectivity index (χ4v) is 10.1. The molecule has 4 atom stereocenters. The van der Waals surface area contributed by atoms with Gasteiger partial charge < -0.3 is 10.6 Å². The van der Waals surface area contributed by atoms with Gasteiger partial charge in [0.05, 0.1) is 10.8 Å². The van der Waals surface area contributed by atoms with Gasteiger partial charge in [-0.1, -0.05) is 246 Å². The van der Waals surface area contributed by atoms with E-state index >= 15 is 0 Å². The van der Waals surface area contributed by atoms with Crippen LogP contribution in [0.4, 0.5) is 0 Å². The summed E-state index contributed by atoms with van der Waals surface area (Å²) in [6.07, 6.45) is 16.1. The van der Waals surface area contributed by atoms with E-state index in [-0.39, 0.29) is 28.7 Å². The molecule has 6 aromatic rings. The number of benzene rings is 6. The Balaban J connectivity index is 0.000000186. The van der Waals surface area contributed by atoms with Gasteiger partial charge in [0, 0.05) is 23.8 Å². The van der Waals surface area contributed by atoms with Crippen molar-refractivity contribution in [3.05, 3.63) is 274 Å². The Hall–Kier alpha value is -6.27. The monoisotopic (exact) mass is 810 g/mol. The van der Waals surface area contributed by atoms with E-state index in [1.165, 1.54) is 39.0 Å². The molecule has 0 radical (unpaired) electrons. The van der Waals surface area contributed by atoms with Crippen molar-refractivity contribution in [2.75, 3.05) is 6.54 Å². The summed E-state index contributed by atoms with van der Waals surface area (Å²) in [5.74, 6) is 1.88. The molecule has 62 heavy (non-hydrogen) atoms. The highest BCUT2D eigenvalue weighted by Gasteiger charge is 2.45. The van der Waals surface area contributed by atoms with Crippen LogP contribution in [0.2, 0.25) is 0 Å². The number of rotatable bonds is 15. The third-order valence-electron chi connectivity index (χ3n) is 12.9. The second-order valence-electron chi connectivity index (χ2n) is 17.8. The van der Waals surface area contributed by atoms with Gasteiger partial charge in [-0.25, -0.2) is 6.57 Å². The van der Waals surface area contributed by atoms with Gasteiger partial charge in [0.25, 0.3) is 0 Å². The first kappa shape index (κ1) is 43.8. The van der Waals surface area contributed by atoms with E-state index < -0.39 is 0 Å². The summed E-state index contributed by atoms with van der Waals surface area (Å²) in [6, 6.07) is 65.2. The van der Waals surface area contributed by atoms with Crippen molar-refractivity contribution < 1.29 is 0 Å². The van der Waals surface area contributed by atoms with Gasteiger partial charge >= 0.3 is 0 Å². The highest BCUT2D eigenvalue weighted by Crippen LogP contribution is 2.50. The first-order valence-electron chi connectivity index (χ1n) is 22.5. The van der Waals surface area contributed by atoms with Gasteiger partial charge in [0.15, 0.2) is 0 Å². The third-order valence-corrected chi connectivity index (χ3v) is 12.9. The first-order chi connectivity index (χ1) is 30.3. The Labute approximate surface area is 372 Å². The van der Waals surface area contributed by atoms with Crippen LogP contribution < -0.4 is 5.73 Å². The minimum absolute atomic E-state index is 0.0822. The Morgan fingerprint density at radius 1 is 0.452 bits per heavy atom. The van der Waals surface area contributed by atoms with Crippen molar-refractivity contribution in [3.8, 4) is 0 Å². The van der Waals surface area contributed by atoms with Gasteiger partial charge in [-0.05, 0) is 69.7 Å². The summed E-state index contributed by atoms with van der Waals surface area (Å²) >= 11 is 0. The van der Waals surface area contributed by atoms with E-state index in [4.69, 9.17) is 12.3 Å². The summed E-state index contributed by atoms with van der Waals surface area (Å²) in [5.41, 5.74) is 15.8. The lowest BCUT2D eigenvalue weighted by atomic mass is 9.62. The zero-order valence-electron chi connectivity index (χ0n) is 36.9. The Morgan fingerprint density at radius 2 is 0.742 bits per heavy atom. The number of hydrogen-bond donors (Lipinski definition) is 1. The third kappa shape index (κ3) is 9.16. The molecule has 8 rings (SSSR count). The lowest BCUT2D eigenvalue weighted by molar-refractivity contribution is 0.467. The number of nitrogens with two attached hydrogens (primary N) is 1. The second kappa shape index (κ2) is 20.5. The highest BCUT2D eigenvalue weighted by molar-refractivity contribution is 5.57. The van der Waals surface area contributed by atoms with Crippen LogP contribution in [0.5, 0.6) is 0 Å². The van der Waals surface area contributed by atoms with Crippen LogP contribution in [0.25, 0.3) is 4.85 Å². The van der Waals surface area contributed by atoms with E-state index in [0.717, 1.165) is 18.4 Å². The van der Waals surface area contributed by atoms with Gasteiger partial charge in [-0.15, -0.1) is 0 Å². The van der Waals surface area contributed by atoms with E-state index in [2.05, 4.69) is 251 Å². The van der Waals surface area contributed by atoms with Crippen LogP contribution in [-0.4, -0.2) is 12.6 Å². The van der Waals surface area contributed by atoms with Crippen LogP contribution in [0, 0.1) is 36.2 Å². The maximum absolute atomic E-state index is 7.78. The molecule has 0 saturated heterocycles. The molecule has 0 bridgehead atoms. The molecular weight excluding hydrogens is 749 g/mol. The maximum atomic E-state index is 7.78. The van der Waals surface area contributed by atoms with Crippen LogP contribution in [0.3, 0.4) is 0 Å². The van der Waals surface area contributed by atoms with Crippen LogP contribution in [-0.2, 0) is 10.8 Å². The fraction of sp³-hybridized carbons (Fsp3) is 0.250. The topological polar surface area (TPSA) is 30.4 Å². The molecule has 2 aliphatic carbocycles. The predicted octanol–water partition coefficient (Wildman–Crippen LogP) is 14.2. The number of allylic oxidation sites excluding steroid dienone is 5. The largest absolute Gasteiger partial charge is 0.330 e. The maximum Gasteiger partial charge on any atom is 0.248 e. The average Bonchev–Trinajstić information content (AvgIpc) is 4.02. The normalized spacial score (nSPS) is 16.9. The Morgan fingerprint density at radius 3 is 1.02 bits per heavy atom. The van der Waals surface area contributed by atoms with Gasteiger partial charge in [0.2, 0.25) is 6.04 Å². The average molecular weight is 811 g/mol. The summed E-state index contributed by atoms with van der Waals surface area (Å²) in [5, 5.41) is 0. The van der Waals surface area contributed by atoms with E-state index in [1.54, 1.807) is 0 Å². The summed E-state index contributed by atoms with van der Waals surface area (Å²) in [6.45, 7) is 17.4. The molecule has 0 aromatic heterocycles. The minimum Gasteiger partial charge on any atom is -0.330 e. The van der Waals surface area contributed by atoms with Crippen molar-refractivity contribution in [1.82, 2.24) is 0 Å². The molecule has 6 aromatic carbocycles. The molecule has 2 aliphatic rings. The molecule has 312 valence electrons. The van der Waals surface area contributed by atoms with Gasteiger partial charge in [-0.3, -0.25) is 0 Å². The number of nitrogens with zero attached hydrogens (tertiary/aromatic N) is 1. The smallest absolute Gasteiger partial charge is 0.248 e. The first-order valence-corrected chi connectivity index (χ1v) is 22.5. The zero-order valence-corrected chi connectivity index (χ0v) is 36.9. The van der Waals surface area contributed by atoms with Gasteiger partial charge in [0.1, 0.15) is 0 Å². The lowest BCUT2D eigenvalue weighted by Gasteiger charge is -2.40. The SMILES string of the molecule is CC(C)CC(CN)C1=CC(C(c2ccccc2)(c2ccccc2)c2ccccc2)C=C1.[C-]#[N+]C(CC(C)C)C1=CC(C(c2ccccc2)(c2ccccc2)c2ccccc2)C=C1. The fourth-order valence-electron chi connectivity index (χ4n) is 10.1. The quantitative estimate of drug-likeness (QED) is 0.0813. The van der Waals surface area contributed by atoms with Crippen molar-refractivity contribution in [3.63, 3.8) is 0 Å². The standard InChI is InChI=1S/C30H29N.C30H33N/c1-23(2)21-29(31-3)24-19-20-28(22-24)30(25-13-7-4-8-14-25,26-15-9-5-10-16-26)27-17-11-6-12-18-27;1-23(2)20-25(22-31)24-18-19-29(21-24)30(26-12-6-3-7-13-26,27-14-8-4-9-15-27)28-16-10-5-11-17-28/h4-20,22-23,28-29H,21H2,1-2H3;3-19,21,23,25,29H,20,22,31H2,1-2H3. The summed E-state index contributed by atoms with van der Waals surface area (Å²) in [7, 11) is 0. The van der Waals surface area contributed by atoms with Crippen LogP contribution in [0.1, 0.15) is 73.9 Å². The molecule has 4 unspecified atom stereocenters. The summed E-state index contributed by atoms with van der Waals surface area (Å²) in [4.78, 5) is 3.98. The van der Waals surface area contributed by atoms with Gasteiger partial charge in [-0.2, -0.15) is 0 Å².